The Kier molecular flexibility index (Phi) is 12.6. The molecule has 262 valence electrons. The second-order valence-electron chi connectivity index (χ2n) is 12.4. The zero-order valence-electron chi connectivity index (χ0n) is 29.6. The predicted octanol–water partition coefficient (Wildman–Crippen LogP) is 1.59. The van der Waals surface area contributed by atoms with Gasteiger partial charge in [0.2, 0.25) is 10.7 Å². The molecule has 1 atom stereocenters. The summed E-state index contributed by atoms with van der Waals surface area (Å²) < 4.78 is 6.68. The molecule has 0 amide bonds. The predicted molar refractivity (Wildman–Crippen MR) is 203 cm³/mol. The van der Waals surface area contributed by atoms with Gasteiger partial charge in [0.05, 0.1) is 47.5 Å². The fourth-order valence-corrected chi connectivity index (χ4v) is 6.77. The van der Waals surface area contributed by atoms with Crippen LogP contribution in [0, 0.1) is 0 Å². The highest BCUT2D eigenvalue weighted by Crippen LogP contribution is 2.32. The van der Waals surface area contributed by atoms with Gasteiger partial charge in [-0.1, -0.05) is 0 Å². The second kappa shape index (κ2) is 16.6. The monoisotopic (exact) mass is 713 g/mol. The molecule has 0 spiro atoms. The lowest BCUT2D eigenvalue weighted by Crippen LogP contribution is -2.42. The SMILES string of the molecule is CN(C)c1ccc2nc3ccc(=[N+](C)C)cc-3sc2c1.CN(C)c1ccc2nc3ccc(=[N+](C)C)cc-3sc2c1.NC(CCC(=O)[O-])C(=O)[O-]. The van der Waals surface area contributed by atoms with Crippen LogP contribution in [0.15, 0.2) is 72.8 Å². The van der Waals surface area contributed by atoms with Gasteiger partial charge in [0.25, 0.3) is 0 Å². The molecule has 2 heterocycles. The molecule has 13 heteroatoms. The van der Waals surface area contributed by atoms with E-state index in [1.165, 1.54) is 41.2 Å². The van der Waals surface area contributed by atoms with Crippen molar-refractivity contribution >= 4 is 66.4 Å². The molecule has 0 saturated heterocycles. The minimum atomic E-state index is -1.44. The number of carboxylic acid groups (broad SMARTS) is 2. The van der Waals surface area contributed by atoms with E-state index in [9.17, 15) is 19.8 Å². The maximum atomic E-state index is 9.86. The van der Waals surface area contributed by atoms with Gasteiger partial charge in [0.15, 0.2) is 0 Å². The Labute approximate surface area is 299 Å². The highest BCUT2D eigenvalue weighted by Gasteiger charge is 2.11. The van der Waals surface area contributed by atoms with E-state index in [0.717, 1.165) is 22.4 Å². The van der Waals surface area contributed by atoms with Crippen LogP contribution in [0.2, 0.25) is 0 Å². The van der Waals surface area contributed by atoms with Crippen molar-refractivity contribution < 1.29 is 19.8 Å². The number of hydrogen-bond acceptors (Lipinski definition) is 11. The van der Waals surface area contributed by atoms with Gasteiger partial charge in [0.1, 0.15) is 28.2 Å². The zero-order valence-corrected chi connectivity index (χ0v) is 31.3. The third kappa shape index (κ3) is 9.80. The van der Waals surface area contributed by atoms with Gasteiger partial charge < -0.3 is 35.3 Å². The van der Waals surface area contributed by atoms with Crippen molar-refractivity contribution in [1.29, 1.82) is 0 Å². The van der Waals surface area contributed by atoms with Crippen molar-refractivity contribution in [2.24, 2.45) is 5.73 Å². The summed E-state index contributed by atoms with van der Waals surface area (Å²) >= 11 is 3.60. The van der Waals surface area contributed by atoms with E-state index in [1.807, 2.05) is 0 Å². The van der Waals surface area contributed by atoms with Crippen molar-refractivity contribution in [3.63, 3.8) is 0 Å². The lowest BCUT2D eigenvalue weighted by atomic mass is 10.2. The van der Waals surface area contributed by atoms with E-state index in [0.29, 0.717) is 0 Å². The highest BCUT2D eigenvalue weighted by molar-refractivity contribution is 7.21. The molecule has 2 aliphatic heterocycles. The van der Waals surface area contributed by atoms with E-state index < -0.39 is 18.0 Å². The van der Waals surface area contributed by atoms with Crippen LogP contribution in [-0.4, -0.2) is 84.3 Å². The zero-order chi connectivity index (χ0) is 36.7. The molecule has 0 saturated carbocycles. The quantitative estimate of drug-likeness (QED) is 0.201. The Hall–Kier alpha value is -4.98. The maximum absolute atomic E-state index is 9.86. The number of hydrogen-bond donors (Lipinski definition) is 1. The summed E-state index contributed by atoms with van der Waals surface area (Å²) in [5.41, 5.74) is 11.6. The van der Waals surface area contributed by atoms with Crippen LogP contribution in [0.25, 0.3) is 41.6 Å². The van der Waals surface area contributed by atoms with Gasteiger partial charge in [-0.3, -0.25) is 0 Å². The van der Waals surface area contributed by atoms with Crippen LogP contribution in [0.1, 0.15) is 12.8 Å². The van der Waals surface area contributed by atoms with Crippen molar-refractivity contribution in [1.82, 2.24) is 19.1 Å². The molecule has 4 aliphatic rings. The molecule has 2 aliphatic carbocycles. The number of fused-ring (bicyclic) bond motifs is 4. The van der Waals surface area contributed by atoms with E-state index in [4.69, 9.17) is 15.7 Å². The number of carbonyl (C=O) groups is 2. The summed E-state index contributed by atoms with van der Waals surface area (Å²) in [4.78, 5) is 35.8. The first-order valence-corrected chi connectivity index (χ1v) is 17.5. The molecule has 11 nitrogen and oxygen atoms in total. The van der Waals surface area contributed by atoms with Crippen molar-refractivity contribution in [3.05, 3.63) is 83.5 Å². The van der Waals surface area contributed by atoms with Crippen LogP contribution in [0.4, 0.5) is 11.4 Å². The van der Waals surface area contributed by atoms with Gasteiger partial charge in [-0.25, -0.2) is 19.1 Å². The molecule has 0 bridgehead atoms. The Balaban J connectivity index is 0.000000179. The smallest absolute Gasteiger partial charge is 0.201 e. The average molecular weight is 714 g/mol. The molecule has 6 rings (SSSR count). The van der Waals surface area contributed by atoms with Crippen LogP contribution >= 0.6 is 22.7 Å². The summed E-state index contributed by atoms with van der Waals surface area (Å²) in [6.07, 6.45) is -0.500. The Morgan fingerprint density at radius 1 is 0.700 bits per heavy atom. The number of anilines is 2. The lowest BCUT2D eigenvalue weighted by Gasteiger charge is -2.13. The van der Waals surface area contributed by atoms with Gasteiger partial charge in [-0.15, -0.1) is 22.7 Å². The Morgan fingerprint density at radius 2 is 1.12 bits per heavy atom. The first-order chi connectivity index (χ1) is 23.6. The maximum Gasteiger partial charge on any atom is 0.201 e. The molecular formula is C37H43N7O4S2. The standard InChI is InChI=1S/2C16H18N3S.C5H9NO4/c2*1-18(2)11-5-7-13-15(9-11)20-16-10-12(19(3)4)6-8-14(16)17-13;6-3(5(9)10)1-2-4(7)8/h2*5-10H,1-4H3;3H,1-2,6H2,(H,7,8)(H,9,10)/q2*+1;/p-2. The normalized spacial score (nSPS) is 11.3. The number of benzene rings is 4. The molecule has 2 aromatic rings. The van der Waals surface area contributed by atoms with Gasteiger partial charge in [-0.2, -0.15) is 0 Å². The number of nitrogens with zero attached hydrogens (tertiary/aromatic N) is 6. The number of carboxylic acids is 2. The van der Waals surface area contributed by atoms with Gasteiger partial charge >= 0.3 is 0 Å². The largest absolute Gasteiger partial charge is 0.550 e. The summed E-state index contributed by atoms with van der Waals surface area (Å²) in [5.74, 6) is -2.75. The van der Waals surface area contributed by atoms with E-state index in [1.54, 1.807) is 22.7 Å². The van der Waals surface area contributed by atoms with Crippen LogP contribution in [0.5, 0.6) is 0 Å². The van der Waals surface area contributed by atoms with Crippen molar-refractivity contribution in [3.8, 4) is 21.1 Å². The van der Waals surface area contributed by atoms with E-state index in [2.05, 4.69) is 148 Å². The number of aliphatic carboxylic acids is 2. The molecule has 0 radical (unpaired) electrons. The number of rotatable bonds is 6. The van der Waals surface area contributed by atoms with Crippen LogP contribution < -0.4 is 45.6 Å². The fraction of sp³-hybridized carbons (Fsp3) is 0.297. The molecule has 2 aromatic carbocycles. The third-order valence-corrected chi connectivity index (χ3v) is 9.91. The van der Waals surface area contributed by atoms with Gasteiger partial charge in [-0.05, 0) is 61.4 Å². The summed E-state index contributed by atoms with van der Waals surface area (Å²) in [6.45, 7) is 0. The number of nitrogens with two attached hydrogens (primary N) is 1. The van der Waals surface area contributed by atoms with Crippen molar-refractivity contribution in [2.45, 2.75) is 18.9 Å². The molecule has 2 N–H and O–H groups in total. The number of carbonyl (C=O) groups excluding carboxylic acids is 2. The molecular weight excluding hydrogens is 671 g/mol. The minimum absolute atomic E-state index is 0.148. The first-order valence-electron chi connectivity index (χ1n) is 15.8. The van der Waals surface area contributed by atoms with Gasteiger partial charge in [0, 0.05) is 75.8 Å². The summed E-state index contributed by atoms with van der Waals surface area (Å²) in [5, 5.41) is 22.0. The molecule has 0 fully saturated rings. The first kappa shape index (κ1) is 37.8. The second-order valence-corrected chi connectivity index (χ2v) is 14.6. The highest BCUT2D eigenvalue weighted by atomic mass is 32.1. The Bertz CT molecular complexity index is 2080. The minimum Gasteiger partial charge on any atom is -0.550 e. The average Bonchev–Trinajstić information content (AvgIpc) is 3.07. The number of aromatic nitrogens is 2. The molecule has 1 unspecified atom stereocenters. The van der Waals surface area contributed by atoms with Crippen molar-refractivity contribution in [2.75, 3.05) is 66.2 Å². The topological polar surface area (TPSA) is 145 Å². The summed E-state index contributed by atoms with van der Waals surface area (Å²) in [7, 11) is 16.5. The van der Waals surface area contributed by atoms with Crippen LogP contribution in [0.3, 0.4) is 0 Å². The van der Waals surface area contributed by atoms with E-state index >= 15 is 0 Å². The fourth-order valence-electron chi connectivity index (χ4n) is 4.71. The van der Waals surface area contributed by atoms with E-state index in [-0.39, 0.29) is 12.8 Å². The lowest BCUT2D eigenvalue weighted by molar-refractivity contribution is -0.309. The van der Waals surface area contributed by atoms with Crippen LogP contribution in [-0.2, 0) is 9.59 Å². The summed E-state index contributed by atoms with van der Waals surface area (Å²) in [6, 6.07) is 24.4. The molecule has 50 heavy (non-hydrogen) atoms. The third-order valence-electron chi connectivity index (χ3n) is 7.72. The Morgan fingerprint density at radius 3 is 1.46 bits per heavy atom. The molecule has 0 aromatic heterocycles.